The molecule has 1 aromatic rings. The quantitative estimate of drug-likeness (QED) is 0.749. The van der Waals surface area contributed by atoms with Gasteiger partial charge in [0.15, 0.2) is 16.7 Å². The number of carbonyl (C=O) groups is 1. The molecule has 136 valence electrons. The highest BCUT2D eigenvalue weighted by molar-refractivity contribution is 7.80. The topological polar surface area (TPSA) is 71.4 Å². The van der Waals surface area contributed by atoms with Gasteiger partial charge in [-0.15, -0.1) is 0 Å². The van der Waals surface area contributed by atoms with Crippen LogP contribution in [0.3, 0.4) is 0 Å². The van der Waals surface area contributed by atoms with Crippen molar-refractivity contribution >= 4 is 46.1 Å². The van der Waals surface area contributed by atoms with Crippen LogP contribution >= 0.6 is 24.4 Å². The second-order valence-corrected chi connectivity index (χ2v) is 7.08. The number of amides is 1. The summed E-state index contributed by atoms with van der Waals surface area (Å²) in [5, 5.41) is 16.6. The van der Waals surface area contributed by atoms with Gasteiger partial charge in [-0.05, 0) is 32.1 Å². The van der Waals surface area contributed by atoms with Crippen LogP contribution in [-0.2, 0) is 10.3 Å². The summed E-state index contributed by atoms with van der Waals surface area (Å²) in [6.45, 7) is 5.72. The molecule has 1 amide bonds. The Morgan fingerprint density at radius 2 is 2.15 bits per heavy atom. The highest BCUT2D eigenvalue weighted by Gasteiger charge is 2.64. The Labute approximate surface area is 164 Å². The van der Waals surface area contributed by atoms with Crippen molar-refractivity contribution in [2.45, 2.75) is 31.8 Å². The van der Waals surface area contributed by atoms with Crippen molar-refractivity contribution in [3.8, 4) is 6.07 Å². The van der Waals surface area contributed by atoms with Gasteiger partial charge < -0.3 is 20.4 Å². The van der Waals surface area contributed by atoms with Gasteiger partial charge in [0.05, 0.1) is 11.1 Å². The Kier molecular flexibility index (Phi) is 5.12. The molecule has 3 rings (SSSR count). The molecule has 2 aliphatic rings. The van der Waals surface area contributed by atoms with Gasteiger partial charge in [0.2, 0.25) is 0 Å². The summed E-state index contributed by atoms with van der Waals surface area (Å²) in [6.07, 6.45) is 0.582. The second-order valence-electron chi connectivity index (χ2n) is 6.22. The first-order chi connectivity index (χ1) is 12.5. The lowest BCUT2D eigenvalue weighted by molar-refractivity contribution is -0.125. The molecule has 1 aromatic carbocycles. The predicted molar refractivity (Wildman–Crippen MR) is 109 cm³/mol. The molecule has 0 aromatic heterocycles. The van der Waals surface area contributed by atoms with Crippen LogP contribution in [0.25, 0.3) is 0 Å². The summed E-state index contributed by atoms with van der Waals surface area (Å²) in [5.41, 5.74) is 0.429. The van der Waals surface area contributed by atoms with E-state index in [1.165, 1.54) is 0 Å². The van der Waals surface area contributed by atoms with E-state index in [0.29, 0.717) is 24.6 Å². The number of hydrogen-bond acceptors (Lipinski definition) is 4. The number of carbonyl (C=O) groups excluding carboxylic acids is 1. The largest absolute Gasteiger partial charge is 0.380 e. The maximum absolute atomic E-state index is 13.1. The Bertz CT molecular complexity index is 805. The second kappa shape index (κ2) is 7.17. The van der Waals surface area contributed by atoms with E-state index in [1.807, 2.05) is 47.9 Å². The Hall–Kier alpha value is -2.24. The lowest BCUT2D eigenvalue weighted by Crippen LogP contribution is -2.53. The number of anilines is 1. The molecule has 1 fully saturated rings. The number of nitrogens with zero attached hydrogens (tertiary/aromatic N) is 3. The number of thiocarbonyl (C=S) groups is 2. The fourth-order valence-electron chi connectivity index (χ4n) is 3.87. The first kappa shape index (κ1) is 18.5. The lowest BCUT2D eigenvalue weighted by atomic mass is 9.83. The van der Waals surface area contributed by atoms with Crippen molar-refractivity contribution < 1.29 is 4.79 Å². The van der Waals surface area contributed by atoms with Gasteiger partial charge in [-0.2, -0.15) is 5.26 Å². The van der Waals surface area contributed by atoms with Gasteiger partial charge in [0, 0.05) is 37.3 Å². The number of nitrogens with one attached hydrogen (secondary N) is 2. The fourth-order valence-corrected chi connectivity index (χ4v) is 4.58. The molecular formula is C18H21N5OS2. The molecule has 2 heterocycles. The number of rotatable bonds is 5. The van der Waals surface area contributed by atoms with E-state index in [1.54, 1.807) is 0 Å². The van der Waals surface area contributed by atoms with Gasteiger partial charge in [0.25, 0.3) is 5.91 Å². The molecule has 6 nitrogen and oxygen atoms in total. The lowest BCUT2D eigenvalue weighted by Gasteiger charge is -2.33. The average Bonchev–Trinajstić information content (AvgIpc) is 3.05. The first-order valence-electron chi connectivity index (χ1n) is 8.67. The molecule has 0 aliphatic carbocycles. The van der Waals surface area contributed by atoms with Crippen molar-refractivity contribution in [2.24, 2.45) is 0 Å². The van der Waals surface area contributed by atoms with Crippen LogP contribution in [0.15, 0.2) is 24.3 Å². The highest BCUT2D eigenvalue weighted by atomic mass is 32.1. The van der Waals surface area contributed by atoms with Crippen molar-refractivity contribution in [2.75, 3.05) is 25.0 Å². The Morgan fingerprint density at radius 1 is 1.42 bits per heavy atom. The molecule has 0 bridgehead atoms. The zero-order valence-electron chi connectivity index (χ0n) is 14.8. The summed E-state index contributed by atoms with van der Waals surface area (Å²) in [4.78, 5) is 17.5. The summed E-state index contributed by atoms with van der Waals surface area (Å²) >= 11 is 11.0. The third-order valence-corrected chi connectivity index (χ3v) is 5.74. The molecule has 2 atom stereocenters. The van der Waals surface area contributed by atoms with E-state index in [-0.39, 0.29) is 5.91 Å². The Morgan fingerprint density at radius 3 is 2.81 bits per heavy atom. The maximum atomic E-state index is 13.1. The first-order valence-corrected chi connectivity index (χ1v) is 9.49. The number of hydrogen-bond donors (Lipinski definition) is 2. The minimum absolute atomic E-state index is 0.203. The molecule has 1 spiro atoms. The number of benzene rings is 1. The van der Waals surface area contributed by atoms with Gasteiger partial charge in [-0.1, -0.05) is 30.4 Å². The van der Waals surface area contributed by atoms with Crippen LogP contribution < -0.4 is 10.6 Å². The minimum Gasteiger partial charge on any atom is -0.380 e. The number of likely N-dealkylation sites (N-methyl/N-ethyl adjacent to an activating group) is 1. The van der Waals surface area contributed by atoms with E-state index >= 15 is 0 Å². The standard InChI is InChI=1S/C18H21N5OS2/c1-3-20-15(25)9-10-22-14(11-19)18(23(4-2)17(22)26)12-7-5-6-8-13(12)21-16(18)24/h5-8,14H,3-4,9-10H2,1-2H3,(H,20,25)(H,21,24). The smallest absolute Gasteiger partial charge is 0.258 e. The molecule has 0 saturated carbocycles. The number of nitriles is 1. The molecule has 0 radical (unpaired) electrons. The van der Waals surface area contributed by atoms with Crippen LogP contribution in [0.4, 0.5) is 5.69 Å². The molecule has 1 saturated heterocycles. The van der Waals surface area contributed by atoms with Gasteiger partial charge in [-0.25, -0.2) is 0 Å². The van der Waals surface area contributed by atoms with E-state index in [0.717, 1.165) is 22.8 Å². The van der Waals surface area contributed by atoms with E-state index in [9.17, 15) is 10.1 Å². The zero-order valence-corrected chi connectivity index (χ0v) is 16.4. The minimum atomic E-state index is -1.11. The summed E-state index contributed by atoms with van der Waals surface area (Å²) < 4.78 is 0. The molecule has 2 unspecified atom stereocenters. The van der Waals surface area contributed by atoms with Gasteiger partial charge in [-0.3, -0.25) is 4.79 Å². The third-order valence-electron chi connectivity index (χ3n) is 4.93. The SMILES string of the molecule is CCNC(=S)CCN1C(=S)N(CC)C2(C(=O)Nc3ccccc32)C1C#N. The van der Waals surface area contributed by atoms with Crippen molar-refractivity contribution in [3.63, 3.8) is 0 Å². The van der Waals surface area contributed by atoms with E-state index in [4.69, 9.17) is 24.4 Å². The summed E-state index contributed by atoms with van der Waals surface area (Å²) in [5.74, 6) is -0.203. The monoisotopic (exact) mass is 387 g/mol. The predicted octanol–water partition coefficient (Wildman–Crippen LogP) is 1.98. The highest BCUT2D eigenvalue weighted by Crippen LogP contribution is 2.48. The van der Waals surface area contributed by atoms with Gasteiger partial charge in [0.1, 0.15) is 0 Å². The van der Waals surface area contributed by atoms with Crippen LogP contribution in [0.2, 0.25) is 0 Å². The van der Waals surface area contributed by atoms with Gasteiger partial charge >= 0.3 is 0 Å². The molecular weight excluding hydrogens is 366 g/mol. The number of para-hydroxylation sites is 1. The summed E-state index contributed by atoms with van der Waals surface area (Å²) in [7, 11) is 0. The van der Waals surface area contributed by atoms with Crippen LogP contribution in [-0.4, -0.2) is 51.5 Å². The van der Waals surface area contributed by atoms with Crippen LogP contribution in [0, 0.1) is 11.3 Å². The maximum Gasteiger partial charge on any atom is 0.258 e. The molecule has 8 heteroatoms. The molecule has 26 heavy (non-hydrogen) atoms. The third kappa shape index (κ3) is 2.54. The summed E-state index contributed by atoms with van der Waals surface area (Å²) in [6, 6.07) is 9.15. The van der Waals surface area contributed by atoms with Crippen molar-refractivity contribution in [1.29, 1.82) is 5.26 Å². The molecule has 2 N–H and O–H groups in total. The van der Waals surface area contributed by atoms with Crippen molar-refractivity contribution in [3.05, 3.63) is 29.8 Å². The van der Waals surface area contributed by atoms with Crippen LogP contribution in [0.1, 0.15) is 25.8 Å². The normalized spacial score (nSPS) is 23.8. The number of fused-ring (bicyclic) bond motifs is 2. The molecule has 2 aliphatic heterocycles. The van der Waals surface area contributed by atoms with Crippen molar-refractivity contribution in [1.82, 2.24) is 15.1 Å². The fraction of sp³-hybridized carbons (Fsp3) is 0.444. The Balaban J connectivity index is 2.03. The van der Waals surface area contributed by atoms with E-state index < -0.39 is 11.6 Å². The van der Waals surface area contributed by atoms with E-state index in [2.05, 4.69) is 16.7 Å². The zero-order chi connectivity index (χ0) is 18.9. The van der Waals surface area contributed by atoms with Crippen LogP contribution in [0.5, 0.6) is 0 Å². The average molecular weight is 388 g/mol.